The minimum Gasteiger partial charge on any atom is -0.481 e. The first-order chi connectivity index (χ1) is 6.63. The number of hydrogen-bond acceptors (Lipinski definition) is 2. The Balaban J connectivity index is 2.21. The molecule has 0 spiro atoms. The first kappa shape index (κ1) is 9.49. The van der Waals surface area contributed by atoms with Gasteiger partial charge in [0.15, 0.2) is 0 Å². The van der Waals surface area contributed by atoms with Gasteiger partial charge in [0.2, 0.25) is 5.91 Å². The highest BCUT2D eigenvalue weighted by Crippen LogP contribution is 2.41. The SMILES string of the molecule is CCN1C(=O)C[C@@H]2C[C@@H](C(=O)O)[C@@H]1C2. The van der Waals surface area contributed by atoms with E-state index in [1.54, 1.807) is 4.90 Å². The molecule has 0 unspecified atom stereocenters. The molecule has 1 saturated carbocycles. The Bertz CT molecular complexity index is 275. The summed E-state index contributed by atoms with van der Waals surface area (Å²) in [5.74, 6) is -0.619. The first-order valence-electron chi connectivity index (χ1n) is 5.15. The molecule has 4 nitrogen and oxygen atoms in total. The number of aliphatic carboxylic acids is 1. The molecule has 1 N–H and O–H groups in total. The van der Waals surface area contributed by atoms with Gasteiger partial charge in [0.05, 0.1) is 5.92 Å². The molecule has 0 aromatic heterocycles. The fourth-order valence-electron chi connectivity index (χ4n) is 2.85. The summed E-state index contributed by atoms with van der Waals surface area (Å²) < 4.78 is 0. The van der Waals surface area contributed by atoms with Crippen molar-refractivity contribution in [3.8, 4) is 0 Å². The molecular weight excluding hydrogens is 182 g/mol. The van der Waals surface area contributed by atoms with Crippen molar-refractivity contribution in [1.82, 2.24) is 4.90 Å². The molecule has 1 aliphatic carbocycles. The second-order valence-corrected chi connectivity index (χ2v) is 4.23. The molecule has 2 rings (SSSR count). The van der Waals surface area contributed by atoms with E-state index in [0.29, 0.717) is 25.3 Å². The number of fused-ring (bicyclic) bond motifs is 2. The molecule has 3 atom stereocenters. The summed E-state index contributed by atoms with van der Waals surface area (Å²) >= 11 is 0. The van der Waals surface area contributed by atoms with Crippen molar-refractivity contribution < 1.29 is 14.7 Å². The van der Waals surface area contributed by atoms with Gasteiger partial charge in [-0.05, 0) is 25.7 Å². The minimum atomic E-state index is -0.745. The van der Waals surface area contributed by atoms with Crippen LogP contribution in [-0.4, -0.2) is 34.5 Å². The molecule has 2 aliphatic rings. The van der Waals surface area contributed by atoms with E-state index in [-0.39, 0.29) is 17.9 Å². The van der Waals surface area contributed by atoms with Gasteiger partial charge in [-0.3, -0.25) is 9.59 Å². The van der Waals surface area contributed by atoms with E-state index < -0.39 is 5.97 Å². The highest BCUT2D eigenvalue weighted by atomic mass is 16.4. The average molecular weight is 197 g/mol. The quantitative estimate of drug-likeness (QED) is 0.709. The third-order valence-corrected chi connectivity index (χ3v) is 3.47. The van der Waals surface area contributed by atoms with Crippen molar-refractivity contribution in [2.24, 2.45) is 11.8 Å². The lowest BCUT2D eigenvalue weighted by Crippen LogP contribution is -2.46. The van der Waals surface area contributed by atoms with E-state index in [2.05, 4.69) is 0 Å². The standard InChI is InChI=1S/C10H15NO3/c1-2-11-8-4-6(5-9(11)12)3-7(8)10(13)14/h6-8H,2-5H2,1H3,(H,13,14)/t6-,7-,8+/m1/s1. The molecule has 4 heteroatoms. The van der Waals surface area contributed by atoms with Gasteiger partial charge < -0.3 is 10.0 Å². The van der Waals surface area contributed by atoms with Crippen LogP contribution in [0.4, 0.5) is 0 Å². The van der Waals surface area contributed by atoms with E-state index in [0.717, 1.165) is 6.42 Å². The van der Waals surface area contributed by atoms with Gasteiger partial charge in [-0.25, -0.2) is 0 Å². The van der Waals surface area contributed by atoms with Crippen LogP contribution in [0, 0.1) is 11.8 Å². The maximum Gasteiger partial charge on any atom is 0.308 e. The van der Waals surface area contributed by atoms with Gasteiger partial charge in [-0.2, -0.15) is 0 Å². The number of carbonyl (C=O) groups is 2. The molecule has 1 heterocycles. The van der Waals surface area contributed by atoms with Crippen LogP contribution in [0.3, 0.4) is 0 Å². The van der Waals surface area contributed by atoms with Gasteiger partial charge in [-0.15, -0.1) is 0 Å². The third kappa shape index (κ3) is 1.29. The molecule has 14 heavy (non-hydrogen) atoms. The number of amides is 1. The lowest BCUT2D eigenvalue weighted by Gasteiger charge is -2.33. The molecule has 0 aromatic rings. The maximum absolute atomic E-state index is 11.6. The number of rotatable bonds is 2. The molecule has 1 aliphatic heterocycles. The van der Waals surface area contributed by atoms with Crippen LogP contribution < -0.4 is 0 Å². The zero-order chi connectivity index (χ0) is 10.3. The molecule has 1 saturated heterocycles. The zero-order valence-corrected chi connectivity index (χ0v) is 8.27. The predicted octanol–water partition coefficient (Wildman–Crippen LogP) is 0.718. The molecule has 78 valence electrons. The van der Waals surface area contributed by atoms with Gasteiger partial charge in [-0.1, -0.05) is 0 Å². The maximum atomic E-state index is 11.6. The second kappa shape index (κ2) is 3.26. The van der Waals surface area contributed by atoms with Gasteiger partial charge in [0.25, 0.3) is 0 Å². The molecule has 0 radical (unpaired) electrons. The average Bonchev–Trinajstić information content (AvgIpc) is 2.45. The topological polar surface area (TPSA) is 57.6 Å². The Morgan fingerprint density at radius 1 is 1.57 bits per heavy atom. The smallest absolute Gasteiger partial charge is 0.308 e. The number of carbonyl (C=O) groups excluding carboxylic acids is 1. The van der Waals surface area contributed by atoms with E-state index in [1.807, 2.05) is 6.92 Å². The number of nitrogens with zero attached hydrogens (tertiary/aromatic N) is 1. The Labute approximate surface area is 82.9 Å². The molecular formula is C10H15NO3. The summed E-state index contributed by atoms with van der Waals surface area (Å²) in [7, 11) is 0. The number of likely N-dealkylation sites (tertiary alicyclic amines) is 1. The number of hydrogen-bond donors (Lipinski definition) is 1. The summed E-state index contributed by atoms with van der Waals surface area (Å²) in [5.41, 5.74) is 0. The summed E-state index contributed by atoms with van der Waals surface area (Å²) in [5, 5.41) is 9.02. The van der Waals surface area contributed by atoms with Crippen molar-refractivity contribution in [1.29, 1.82) is 0 Å². The van der Waals surface area contributed by atoms with Crippen molar-refractivity contribution >= 4 is 11.9 Å². The van der Waals surface area contributed by atoms with Gasteiger partial charge in [0.1, 0.15) is 0 Å². The van der Waals surface area contributed by atoms with E-state index in [9.17, 15) is 9.59 Å². The van der Waals surface area contributed by atoms with Crippen LogP contribution in [-0.2, 0) is 9.59 Å². The third-order valence-electron chi connectivity index (χ3n) is 3.47. The Morgan fingerprint density at radius 3 is 2.86 bits per heavy atom. The summed E-state index contributed by atoms with van der Waals surface area (Å²) in [6, 6.07) is -0.0382. The van der Waals surface area contributed by atoms with Crippen LogP contribution in [0.1, 0.15) is 26.2 Å². The van der Waals surface area contributed by atoms with E-state index >= 15 is 0 Å². The lowest BCUT2D eigenvalue weighted by molar-refractivity contribution is -0.145. The fraction of sp³-hybridized carbons (Fsp3) is 0.800. The first-order valence-corrected chi connectivity index (χ1v) is 5.15. The van der Waals surface area contributed by atoms with Crippen molar-refractivity contribution in [3.63, 3.8) is 0 Å². The number of carboxylic acid groups (broad SMARTS) is 1. The monoisotopic (exact) mass is 197 g/mol. The zero-order valence-electron chi connectivity index (χ0n) is 8.27. The van der Waals surface area contributed by atoms with E-state index in [1.165, 1.54) is 0 Å². The fourth-order valence-corrected chi connectivity index (χ4v) is 2.85. The predicted molar refractivity (Wildman–Crippen MR) is 49.6 cm³/mol. The second-order valence-electron chi connectivity index (χ2n) is 4.23. The summed E-state index contributed by atoms with van der Waals surface area (Å²) in [6.07, 6.45) is 2.12. The number of carboxylic acids is 1. The highest BCUT2D eigenvalue weighted by molar-refractivity contribution is 5.81. The minimum absolute atomic E-state index is 0.0382. The molecule has 1 amide bonds. The van der Waals surface area contributed by atoms with Crippen LogP contribution in [0.15, 0.2) is 0 Å². The molecule has 2 bridgehead atoms. The van der Waals surface area contributed by atoms with Gasteiger partial charge in [0, 0.05) is 19.0 Å². The van der Waals surface area contributed by atoms with Crippen LogP contribution in [0.2, 0.25) is 0 Å². The van der Waals surface area contributed by atoms with Gasteiger partial charge >= 0.3 is 5.97 Å². The summed E-state index contributed by atoms with van der Waals surface area (Å²) in [4.78, 5) is 24.3. The largest absolute Gasteiger partial charge is 0.481 e. The lowest BCUT2D eigenvalue weighted by atomic mass is 9.98. The molecule has 0 aromatic carbocycles. The Kier molecular flexibility index (Phi) is 2.21. The number of piperidine rings is 1. The van der Waals surface area contributed by atoms with Crippen LogP contribution in [0.25, 0.3) is 0 Å². The van der Waals surface area contributed by atoms with Crippen LogP contribution >= 0.6 is 0 Å². The molecule has 2 fully saturated rings. The van der Waals surface area contributed by atoms with Crippen molar-refractivity contribution in [2.75, 3.05) is 6.54 Å². The highest BCUT2D eigenvalue weighted by Gasteiger charge is 2.47. The summed E-state index contributed by atoms with van der Waals surface area (Å²) in [6.45, 7) is 2.55. The van der Waals surface area contributed by atoms with Crippen LogP contribution in [0.5, 0.6) is 0 Å². The van der Waals surface area contributed by atoms with E-state index in [4.69, 9.17) is 5.11 Å². The van der Waals surface area contributed by atoms with Crippen molar-refractivity contribution in [3.05, 3.63) is 0 Å². The normalized spacial score (nSPS) is 36.2. The Hall–Kier alpha value is -1.06. The Morgan fingerprint density at radius 2 is 2.29 bits per heavy atom. The van der Waals surface area contributed by atoms with Crippen molar-refractivity contribution in [2.45, 2.75) is 32.2 Å².